The van der Waals surface area contributed by atoms with Crippen LogP contribution in [0, 0.1) is 5.82 Å². The standard InChI is InChI=1S/C21H26FN3O2/c22-18-7-3-5-16(13-18)15-24-20(26)14-19-8-1-2-11-25(19)12-9-17-6-4-10-23-21(17)27/h3-7,10,13,19H,1-2,8-9,11-12,14-15H2,(H,23,27)(H,24,26). The van der Waals surface area contributed by atoms with Gasteiger partial charge in [0.1, 0.15) is 5.82 Å². The Bertz CT molecular complexity index is 821. The molecular formula is C21H26FN3O2. The number of halogens is 1. The van der Waals surface area contributed by atoms with E-state index in [1.165, 1.54) is 12.1 Å². The molecule has 27 heavy (non-hydrogen) atoms. The number of likely N-dealkylation sites (tertiary alicyclic amines) is 1. The Balaban J connectivity index is 1.51. The molecule has 1 aliphatic heterocycles. The third-order valence-electron chi connectivity index (χ3n) is 5.12. The number of benzene rings is 1. The number of piperidine rings is 1. The van der Waals surface area contributed by atoms with Crippen molar-refractivity contribution in [3.63, 3.8) is 0 Å². The second-order valence-electron chi connectivity index (χ2n) is 7.07. The lowest BCUT2D eigenvalue weighted by atomic mass is 9.98. The van der Waals surface area contributed by atoms with Crippen molar-refractivity contribution in [3.8, 4) is 0 Å². The van der Waals surface area contributed by atoms with Gasteiger partial charge in [0, 0.05) is 37.3 Å². The number of aromatic amines is 1. The fourth-order valence-corrected chi connectivity index (χ4v) is 3.64. The Labute approximate surface area is 158 Å². The van der Waals surface area contributed by atoms with Crippen molar-refractivity contribution in [2.75, 3.05) is 13.1 Å². The highest BCUT2D eigenvalue weighted by Crippen LogP contribution is 2.20. The number of pyridine rings is 1. The van der Waals surface area contributed by atoms with E-state index in [0.29, 0.717) is 19.4 Å². The first-order chi connectivity index (χ1) is 13.1. The number of rotatable bonds is 7. The molecule has 0 radical (unpaired) electrons. The van der Waals surface area contributed by atoms with E-state index in [2.05, 4.69) is 15.2 Å². The molecule has 0 aliphatic carbocycles. The summed E-state index contributed by atoms with van der Waals surface area (Å²) in [4.78, 5) is 29.2. The van der Waals surface area contributed by atoms with E-state index in [1.54, 1.807) is 18.3 Å². The zero-order valence-corrected chi connectivity index (χ0v) is 15.4. The Hall–Kier alpha value is -2.47. The number of nitrogens with zero attached hydrogens (tertiary/aromatic N) is 1. The summed E-state index contributed by atoms with van der Waals surface area (Å²) in [7, 11) is 0. The summed E-state index contributed by atoms with van der Waals surface area (Å²) in [5, 5.41) is 2.89. The van der Waals surface area contributed by atoms with Crippen LogP contribution in [0.2, 0.25) is 0 Å². The lowest BCUT2D eigenvalue weighted by molar-refractivity contribution is -0.122. The van der Waals surface area contributed by atoms with Crippen molar-refractivity contribution >= 4 is 5.91 Å². The number of amides is 1. The first-order valence-electron chi connectivity index (χ1n) is 9.53. The van der Waals surface area contributed by atoms with E-state index in [0.717, 1.165) is 43.5 Å². The molecule has 5 nitrogen and oxygen atoms in total. The van der Waals surface area contributed by atoms with Gasteiger partial charge in [0.15, 0.2) is 0 Å². The number of nitrogens with one attached hydrogen (secondary N) is 2. The molecule has 0 bridgehead atoms. The molecule has 2 heterocycles. The lowest BCUT2D eigenvalue weighted by Gasteiger charge is -2.35. The molecule has 144 valence electrons. The van der Waals surface area contributed by atoms with E-state index in [9.17, 15) is 14.0 Å². The van der Waals surface area contributed by atoms with E-state index < -0.39 is 0 Å². The zero-order valence-electron chi connectivity index (χ0n) is 15.4. The van der Waals surface area contributed by atoms with Crippen LogP contribution in [-0.2, 0) is 17.8 Å². The van der Waals surface area contributed by atoms with Crippen LogP contribution in [0.5, 0.6) is 0 Å². The van der Waals surface area contributed by atoms with E-state index >= 15 is 0 Å². The van der Waals surface area contributed by atoms with Gasteiger partial charge in [-0.3, -0.25) is 14.5 Å². The number of aromatic nitrogens is 1. The molecule has 3 rings (SSSR count). The molecule has 1 aromatic carbocycles. The Morgan fingerprint density at radius 2 is 2.15 bits per heavy atom. The highest BCUT2D eigenvalue weighted by Gasteiger charge is 2.24. The number of hydrogen-bond donors (Lipinski definition) is 2. The largest absolute Gasteiger partial charge is 0.352 e. The van der Waals surface area contributed by atoms with Crippen LogP contribution in [0.25, 0.3) is 0 Å². The number of carbonyl (C=O) groups excluding carboxylic acids is 1. The summed E-state index contributed by atoms with van der Waals surface area (Å²) < 4.78 is 13.2. The molecule has 1 unspecified atom stereocenters. The topological polar surface area (TPSA) is 65.2 Å². The Kier molecular flexibility index (Phi) is 6.76. The number of H-pyrrole nitrogens is 1. The molecule has 1 amide bonds. The van der Waals surface area contributed by atoms with Gasteiger partial charge in [0.05, 0.1) is 0 Å². The van der Waals surface area contributed by atoms with Crippen molar-refractivity contribution in [2.45, 2.75) is 44.7 Å². The van der Waals surface area contributed by atoms with Gasteiger partial charge in [0.25, 0.3) is 5.56 Å². The van der Waals surface area contributed by atoms with Crippen LogP contribution in [0.1, 0.15) is 36.8 Å². The summed E-state index contributed by atoms with van der Waals surface area (Å²) in [6, 6.07) is 10.1. The van der Waals surface area contributed by atoms with Crippen molar-refractivity contribution < 1.29 is 9.18 Å². The molecule has 1 fully saturated rings. The minimum absolute atomic E-state index is 0.0197. The Morgan fingerprint density at radius 1 is 1.26 bits per heavy atom. The predicted octanol–water partition coefficient (Wildman–Crippen LogP) is 2.62. The van der Waals surface area contributed by atoms with Crippen molar-refractivity contribution in [2.24, 2.45) is 0 Å². The average Bonchev–Trinajstić information content (AvgIpc) is 2.67. The van der Waals surface area contributed by atoms with Crippen molar-refractivity contribution in [1.82, 2.24) is 15.2 Å². The maximum atomic E-state index is 13.2. The molecule has 1 saturated heterocycles. The van der Waals surface area contributed by atoms with Gasteiger partial charge in [-0.05, 0) is 49.6 Å². The minimum atomic E-state index is -0.295. The second kappa shape index (κ2) is 9.46. The molecule has 0 spiro atoms. The summed E-state index contributed by atoms with van der Waals surface area (Å²) >= 11 is 0. The maximum absolute atomic E-state index is 13.2. The van der Waals surface area contributed by atoms with Crippen LogP contribution in [0.3, 0.4) is 0 Å². The van der Waals surface area contributed by atoms with Gasteiger partial charge in [-0.15, -0.1) is 0 Å². The summed E-state index contributed by atoms with van der Waals surface area (Å²) in [5.41, 5.74) is 1.49. The fraction of sp³-hybridized carbons (Fsp3) is 0.429. The normalized spacial score (nSPS) is 17.6. The summed E-state index contributed by atoms with van der Waals surface area (Å²) in [6.45, 7) is 2.06. The monoisotopic (exact) mass is 371 g/mol. The molecule has 1 aromatic heterocycles. The Morgan fingerprint density at radius 3 is 2.96 bits per heavy atom. The quantitative estimate of drug-likeness (QED) is 0.786. The van der Waals surface area contributed by atoms with Crippen LogP contribution in [0.4, 0.5) is 4.39 Å². The number of hydrogen-bond acceptors (Lipinski definition) is 3. The highest BCUT2D eigenvalue weighted by molar-refractivity contribution is 5.76. The van der Waals surface area contributed by atoms with Crippen LogP contribution >= 0.6 is 0 Å². The van der Waals surface area contributed by atoms with E-state index in [1.807, 2.05) is 12.1 Å². The van der Waals surface area contributed by atoms with Crippen LogP contribution < -0.4 is 10.9 Å². The second-order valence-corrected chi connectivity index (χ2v) is 7.07. The van der Waals surface area contributed by atoms with Crippen LogP contribution in [-0.4, -0.2) is 34.9 Å². The average molecular weight is 371 g/mol. The molecule has 1 atom stereocenters. The molecule has 2 N–H and O–H groups in total. The predicted molar refractivity (Wildman–Crippen MR) is 103 cm³/mol. The summed E-state index contributed by atoms with van der Waals surface area (Å²) in [5.74, 6) is -0.315. The van der Waals surface area contributed by atoms with Crippen LogP contribution in [0.15, 0.2) is 47.4 Å². The van der Waals surface area contributed by atoms with E-state index in [4.69, 9.17) is 0 Å². The van der Waals surface area contributed by atoms with Gasteiger partial charge in [-0.2, -0.15) is 0 Å². The van der Waals surface area contributed by atoms with Gasteiger partial charge < -0.3 is 10.3 Å². The minimum Gasteiger partial charge on any atom is -0.352 e. The zero-order chi connectivity index (χ0) is 19.1. The van der Waals surface area contributed by atoms with Crippen molar-refractivity contribution in [3.05, 3.63) is 69.9 Å². The first kappa shape index (κ1) is 19.3. The van der Waals surface area contributed by atoms with E-state index in [-0.39, 0.29) is 23.3 Å². The SMILES string of the molecule is O=C(CC1CCCCN1CCc1ccc[nH]c1=O)NCc1cccc(F)c1. The van der Waals surface area contributed by atoms with Gasteiger partial charge in [-0.1, -0.05) is 24.6 Å². The third kappa shape index (κ3) is 5.76. The smallest absolute Gasteiger partial charge is 0.251 e. The summed E-state index contributed by atoms with van der Waals surface area (Å²) in [6.07, 6.45) is 5.96. The molecule has 0 saturated carbocycles. The first-order valence-corrected chi connectivity index (χ1v) is 9.53. The fourth-order valence-electron chi connectivity index (χ4n) is 3.64. The lowest BCUT2D eigenvalue weighted by Crippen LogP contribution is -2.43. The maximum Gasteiger partial charge on any atom is 0.251 e. The molecule has 6 heteroatoms. The van der Waals surface area contributed by atoms with Gasteiger partial charge >= 0.3 is 0 Å². The van der Waals surface area contributed by atoms with Crippen molar-refractivity contribution in [1.29, 1.82) is 0 Å². The molecule has 2 aromatic rings. The van der Waals surface area contributed by atoms with Gasteiger partial charge in [-0.25, -0.2) is 4.39 Å². The highest BCUT2D eigenvalue weighted by atomic mass is 19.1. The van der Waals surface area contributed by atoms with Gasteiger partial charge in [0.2, 0.25) is 5.91 Å². The molecule has 1 aliphatic rings. The third-order valence-corrected chi connectivity index (χ3v) is 5.12. The molecular weight excluding hydrogens is 345 g/mol. The number of carbonyl (C=O) groups is 1.